The summed E-state index contributed by atoms with van der Waals surface area (Å²) in [7, 11) is -0.806. The monoisotopic (exact) mass is 563 g/mol. The molecule has 0 aliphatic heterocycles. The van der Waals surface area contributed by atoms with E-state index in [1.54, 1.807) is 30.5 Å². The Kier molecular flexibility index (Phi) is 8.51. The summed E-state index contributed by atoms with van der Waals surface area (Å²) in [6.45, 7) is 1.58. The number of nitrogens with zero attached hydrogens (tertiary/aromatic N) is 2. The van der Waals surface area contributed by atoms with Crippen LogP contribution in [-0.4, -0.2) is 37.7 Å². The van der Waals surface area contributed by atoms with E-state index in [0.29, 0.717) is 35.4 Å². The predicted molar refractivity (Wildman–Crippen MR) is 155 cm³/mol. The third kappa shape index (κ3) is 7.00. The number of hydrogen-bond acceptors (Lipinski definition) is 6. The Balaban J connectivity index is 1.30. The maximum Gasteiger partial charge on any atom is 0.141 e. The Morgan fingerprint density at radius 1 is 1.05 bits per heavy atom. The van der Waals surface area contributed by atoms with Crippen molar-refractivity contribution < 1.29 is 13.3 Å². The highest BCUT2D eigenvalue weighted by Crippen LogP contribution is 2.32. The van der Waals surface area contributed by atoms with Gasteiger partial charge in [-0.25, -0.2) is 14.4 Å². The number of benzene rings is 3. The number of halogens is 2. The van der Waals surface area contributed by atoms with Gasteiger partial charge in [-0.05, 0) is 65.2 Å². The van der Waals surface area contributed by atoms with E-state index in [9.17, 15) is 8.60 Å². The number of fused-ring (bicyclic) bond motifs is 1. The fraction of sp³-hybridized carbons (Fsp3) is 0.172. The van der Waals surface area contributed by atoms with Gasteiger partial charge in [0.2, 0.25) is 0 Å². The van der Waals surface area contributed by atoms with E-state index in [1.807, 2.05) is 24.4 Å². The number of hydrogen-bond donors (Lipinski definition) is 3. The van der Waals surface area contributed by atoms with Crippen molar-refractivity contribution in [1.29, 1.82) is 0 Å². The molecule has 0 saturated heterocycles. The second-order valence-electron chi connectivity index (χ2n) is 9.01. The normalized spacial score (nSPS) is 12.0. The fourth-order valence-electron chi connectivity index (χ4n) is 4.11. The molecule has 5 aromatic rings. The van der Waals surface area contributed by atoms with E-state index in [1.165, 1.54) is 18.5 Å². The zero-order chi connectivity index (χ0) is 27.2. The molecule has 5 rings (SSSR count). The summed E-state index contributed by atoms with van der Waals surface area (Å²) in [4.78, 5) is 12.2. The van der Waals surface area contributed by atoms with Crippen LogP contribution in [0.3, 0.4) is 0 Å². The van der Waals surface area contributed by atoms with Crippen molar-refractivity contribution >= 4 is 44.8 Å². The average molecular weight is 564 g/mol. The molecule has 1 unspecified atom stereocenters. The van der Waals surface area contributed by atoms with E-state index < -0.39 is 10.8 Å². The number of H-pyrrole nitrogens is 1. The molecule has 0 aliphatic carbocycles. The first-order valence-electron chi connectivity index (χ1n) is 12.3. The number of aromatic nitrogens is 3. The van der Waals surface area contributed by atoms with Gasteiger partial charge in [-0.3, -0.25) is 4.21 Å². The molecule has 200 valence electrons. The lowest BCUT2D eigenvalue weighted by Crippen LogP contribution is -2.19. The van der Waals surface area contributed by atoms with Crippen LogP contribution in [0.25, 0.3) is 22.0 Å². The molecule has 0 fully saturated rings. The number of anilines is 2. The minimum absolute atomic E-state index is 0.208. The van der Waals surface area contributed by atoms with Gasteiger partial charge in [-0.1, -0.05) is 29.8 Å². The average Bonchev–Trinajstić information content (AvgIpc) is 3.40. The molecule has 0 amide bonds. The van der Waals surface area contributed by atoms with Gasteiger partial charge < -0.3 is 20.4 Å². The number of nitrogens with one attached hydrogen (secondary N) is 3. The molecular weight excluding hydrogens is 537 g/mol. The van der Waals surface area contributed by atoms with Gasteiger partial charge >= 0.3 is 0 Å². The second-order valence-corrected chi connectivity index (χ2v) is 11.0. The van der Waals surface area contributed by atoms with Gasteiger partial charge in [0.1, 0.15) is 30.3 Å². The molecule has 2 aromatic heterocycles. The first kappa shape index (κ1) is 26.8. The van der Waals surface area contributed by atoms with Gasteiger partial charge in [0, 0.05) is 58.9 Å². The molecular formula is C29H27ClFN5O2S. The highest BCUT2D eigenvalue weighted by Gasteiger charge is 2.10. The number of ether oxygens (including phenoxy) is 1. The predicted octanol–water partition coefficient (Wildman–Crippen LogP) is 6.21. The SMILES string of the molecule is CS(=O)CCNCc1cc(-c2ccc3ncnc(Nc4ccc(OCc5cccc(F)c5)c(Cl)c4)c3c2)c[nH]1. The van der Waals surface area contributed by atoms with E-state index >= 15 is 0 Å². The summed E-state index contributed by atoms with van der Waals surface area (Å²) in [5.74, 6) is 1.47. The fourth-order valence-corrected chi connectivity index (χ4v) is 4.77. The molecule has 39 heavy (non-hydrogen) atoms. The molecule has 0 spiro atoms. The van der Waals surface area contributed by atoms with Crippen LogP contribution < -0.4 is 15.4 Å². The molecule has 7 nitrogen and oxygen atoms in total. The van der Waals surface area contributed by atoms with Crippen molar-refractivity contribution in [3.05, 3.63) is 101 Å². The minimum Gasteiger partial charge on any atom is -0.487 e. The molecule has 3 aromatic carbocycles. The van der Waals surface area contributed by atoms with Crippen molar-refractivity contribution in [1.82, 2.24) is 20.3 Å². The third-order valence-corrected chi connectivity index (χ3v) is 7.15. The van der Waals surface area contributed by atoms with Crippen LogP contribution in [0.5, 0.6) is 5.75 Å². The standard InChI is InChI=1S/C29H27ClFN5O2S/c1-39(37)10-9-32-16-24-12-21(15-33-24)20-5-7-27-25(13-20)29(35-18-34-27)36-23-6-8-28(26(30)14-23)38-17-19-3-2-4-22(31)11-19/h2-8,11-15,18,32-33H,9-10,16-17H2,1H3,(H,34,35,36). The molecule has 0 bridgehead atoms. The highest BCUT2D eigenvalue weighted by molar-refractivity contribution is 7.84. The lowest BCUT2D eigenvalue weighted by Gasteiger charge is -2.12. The van der Waals surface area contributed by atoms with E-state index in [2.05, 4.69) is 37.7 Å². The summed E-state index contributed by atoms with van der Waals surface area (Å²) in [5.41, 5.74) is 5.39. The van der Waals surface area contributed by atoms with Crippen LogP contribution in [0, 0.1) is 5.82 Å². The van der Waals surface area contributed by atoms with Crippen molar-refractivity contribution in [2.75, 3.05) is 23.9 Å². The number of rotatable bonds is 11. The zero-order valence-electron chi connectivity index (χ0n) is 21.2. The highest BCUT2D eigenvalue weighted by atomic mass is 35.5. The first-order chi connectivity index (χ1) is 18.9. The third-order valence-electron chi connectivity index (χ3n) is 6.07. The Morgan fingerprint density at radius 3 is 2.77 bits per heavy atom. The molecule has 2 heterocycles. The van der Waals surface area contributed by atoms with Gasteiger partial charge in [-0.15, -0.1) is 0 Å². The Hall–Kier alpha value is -3.79. The zero-order valence-corrected chi connectivity index (χ0v) is 22.8. The molecule has 0 aliphatic rings. The van der Waals surface area contributed by atoms with Gasteiger partial charge in [0.05, 0.1) is 10.5 Å². The summed E-state index contributed by atoms with van der Waals surface area (Å²) < 4.78 is 30.5. The minimum atomic E-state index is -0.806. The van der Waals surface area contributed by atoms with Gasteiger partial charge in [0.15, 0.2) is 0 Å². The Morgan fingerprint density at radius 2 is 1.95 bits per heavy atom. The summed E-state index contributed by atoms with van der Waals surface area (Å²) >= 11 is 6.48. The smallest absolute Gasteiger partial charge is 0.141 e. The van der Waals surface area contributed by atoms with Crippen LogP contribution in [0.1, 0.15) is 11.3 Å². The van der Waals surface area contributed by atoms with Crippen molar-refractivity contribution in [3.63, 3.8) is 0 Å². The van der Waals surface area contributed by atoms with Gasteiger partial charge in [0.25, 0.3) is 0 Å². The van der Waals surface area contributed by atoms with Crippen LogP contribution in [0.4, 0.5) is 15.9 Å². The van der Waals surface area contributed by atoms with E-state index in [-0.39, 0.29) is 12.4 Å². The summed E-state index contributed by atoms with van der Waals surface area (Å²) in [6, 6.07) is 19.8. The van der Waals surface area contributed by atoms with Crippen molar-refractivity contribution in [2.24, 2.45) is 0 Å². The van der Waals surface area contributed by atoms with Crippen molar-refractivity contribution in [3.8, 4) is 16.9 Å². The van der Waals surface area contributed by atoms with E-state index in [0.717, 1.165) is 39.0 Å². The maximum absolute atomic E-state index is 13.4. The largest absolute Gasteiger partial charge is 0.487 e. The molecule has 10 heteroatoms. The number of aromatic amines is 1. The van der Waals surface area contributed by atoms with Crippen LogP contribution in [-0.2, 0) is 24.0 Å². The topological polar surface area (TPSA) is 91.9 Å². The van der Waals surface area contributed by atoms with Crippen LogP contribution in [0.15, 0.2) is 79.3 Å². The lowest BCUT2D eigenvalue weighted by atomic mass is 10.1. The lowest BCUT2D eigenvalue weighted by molar-refractivity contribution is 0.306. The maximum atomic E-state index is 13.4. The summed E-state index contributed by atoms with van der Waals surface area (Å²) in [5, 5.41) is 7.93. The molecule has 0 saturated carbocycles. The first-order valence-corrected chi connectivity index (χ1v) is 14.4. The van der Waals surface area contributed by atoms with Gasteiger partial charge in [-0.2, -0.15) is 0 Å². The second kappa shape index (κ2) is 12.4. The summed E-state index contributed by atoms with van der Waals surface area (Å²) in [6.07, 6.45) is 5.19. The Labute approximate surface area is 233 Å². The van der Waals surface area contributed by atoms with Crippen LogP contribution >= 0.6 is 11.6 Å². The molecule has 1 atom stereocenters. The molecule has 3 N–H and O–H groups in total. The molecule has 0 radical (unpaired) electrons. The van der Waals surface area contributed by atoms with E-state index in [4.69, 9.17) is 16.3 Å². The van der Waals surface area contributed by atoms with Crippen LogP contribution in [0.2, 0.25) is 5.02 Å². The Bertz CT molecular complexity index is 1630. The quantitative estimate of drug-likeness (QED) is 0.166. The van der Waals surface area contributed by atoms with Crippen molar-refractivity contribution in [2.45, 2.75) is 13.2 Å².